The molecule has 1 fully saturated rings. The molecule has 1 unspecified atom stereocenters. The number of nitrogens with zero attached hydrogens (tertiary/aromatic N) is 1. The quantitative estimate of drug-likeness (QED) is 0.745. The molecule has 1 heterocycles. The molecular formula is C18H30N2O. The predicted molar refractivity (Wildman–Crippen MR) is 88.6 cm³/mol. The van der Waals surface area contributed by atoms with Crippen molar-refractivity contribution in [2.45, 2.75) is 45.8 Å². The number of nitrogens with one attached hydrogen (secondary N) is 1. The average Bonchev–Trinajstić information content (AvgIpc) is 2.50. The van der Waals surface area contributed by atoms with Crippen molar-refractivity contribution in [2.75, 3.05) is 32.8 Å². The van der Waals surface area contributed by atoms with E-state index in [1.165, 1.54) is 30.5 Å². The van der Waals surface area contributed by atoms with Crippen molar-refractivity contribution >= 4 is 0 Å². The van der Waals surface area contributed by atoms with E-state index in [-0.39, 0.29) is 0 Å². The van der Waals surface area contributed by atoms with Crippen LogP contribution in [-0.2, 0) is 17.7 Å². The maximum atomic E-state index is 5.81. The minimum Gasteiger partial charge on any atom is -0.377 e. The summed E-state index contributed by atoms with van der Waals surface area (Å²) in [4.78, 5) is 2.55. The molecule has 1 aliphatic rings. The molecule has 118 valence electrons. The summed E-state index contributed by atoms with van der Waals surface area (Å²) in [6.45, 7) is 10.5. The second kappa shape index (κ2) is 9.19. The zero-order chi connectivity index (χ0) is 14.9. The Morgan fingerprint density at radius 3 is 2.81 bits per heavy atom. The molecule has 0 saturated carbocycles. The van der Waals surface area contributed by atoms with Gasteiger partial charge in [0, 0.05) is 19.7 Å². The molecule has 1 aromatic rings. The Labute approximate surface area is 129 Å². The van der Waals surface area contributed by atoms with E-state index in [4.69, 9.17) is 4.74 Å². The number of piperidine rings is 1. The standard InChI is InChI=1S/C18H30N2O/c1-3-19-12-11-16-8-5-6-9-17(16)14-20-13-7-10-18(15-20)21-4-2/h5-6,8-9,18-19H,3-4,7,10-15H2,1-2H3. The van der Waals surface area contributed by atoms with E-state index in [1.807, 2.05) is 0 Å². The van der Waals surface area contributed by atoms with Crippen LogP contribution in [0.15, 0.2) is 24.3 Å². The first kappa shape index (κ1) is 16.5. The highest BCUT2D eigenvalue weighted by Gasteiger charge is 2.20. The molecular weight excluding hydrogens is 260 g/mol. The first-order valence-corrected chi connectivity index (χ1v) is 8.45. The van der Waals surface area contributed by atoms with Crippen LogP contribution < -0.4 is 5.32 Å². The molecule has 1 aromatic carbocycles. The van der Waals surface area contributed by atoms with E-state index in [2.05, 4.69) is 48.3 Å². The fourth-order valence-electron chi connectivity index (χ4n) is 3.12. The maximum absolute atomic E-state index is 5.81. The lowest BCUT2D eigenvalue weighted by Crippen LogP contribution is -2.39. The van der Waals surface area contributed by atoms with Gasteiger partial charge in [-0.05, 0) is 56.9 Å². The van der Waals surface area contributed by atoms with Gasteiger partial charge in [-0.2, -0.15) is 0 Å². The first-order valence-electron chi connectivity index (χ1n) is 8.45. The Morgan fingerprint density at radius 1 is 1.24 bits per heavy atom. The molecule has 0 amide bonds. The molecule has 0 radical (unpaired) electrons. The Bertz CT molecular complexity index is 406. The molecule has 1 N–H and O–H groups in total. The van der Waals surface area contributed by atoms with Gasteiger partial charge in [0.2, 0.25) is 0 Å². The average molecular weight is 290 g/mol. The van der Waals surface area contributed by atoms with E-state index < -0.39 is 0 Å². The van der Waals surface area contributed by atoms with Crippen LogP contribution in [-0.4, -0.2) is 43.8 Å². The summed E-state index contributed by atoms with van der Waals surface area (Å²) < 4.78 is 5.81. The Balaban J connectivity index is 1.92. The summed E-state index contributed by atoms with van der Waals surface area (Å²) in [6, 6.07) is 8.88. The predicted octanol–water partition coefficient (Wildman–Crippen LogP) is 2.84. The van der Waals surface area contributed by atoms with Gasteiger partial charge in [0.15, 0.2) is 0 Å². The second-order valence-electron chi connectivity index (χ2n) is 5.83. The number of hydrogen-bond donors (Lipinski definition) is 1. The number of likely N-dealkylation sites (N-methyl/N-ethyl adjacent to an activating group) is 1. The van der Waals surface area contributed by atoms with Gasteiger partial charge in [-0.15, -0.1) is 0 Å². The molecule has 0 spiro atoms. The van der Waals surface area contributed by atoms with Crippen molar-refractivity contribution in [3.05, 3.63) is 35.4 Å². The van der Waals surface area contributed by atoms with E-state index in [9.17, 15) is 0 Å². The highest BCUT2D eigenvalue weighted by Crippen LogP contribution is 2.18. The lowest BCUT2D eigenvalue weighted by molar-refractivity contribution is 0.00357. The zero-order valence-electron chi connectivity index (χ0n) is 13.6. The molecule has 0 bridgehead atoms. The lowest BCUT2D eigenvalue weighted by atomic mass is 10.0. The minimum atomic E-state index is 0.428. The fraction of sp³-hybridized carbons (Fsp3) is 0.667. The number of benzene rings is 1. The van der Waals surface area contributed by atoms with E-state index in [1.54, 1.807) is 0 Å². The SMILES string of the molecule is CCNCCc1ccccc1CN1CCCC(OCC)C1. The van der Waals surface area contributed by atoms with Crippen LogP contribution in [0.5, 0.6) is 0 Å². The summed E-state index contributed by atoms with van der Waals surface area (Å²) in [6.07, 6.45) is 4.02. The number of likely N-dealkylation sites (tertiary alicyclic amines) is 1. The molecule has 1 aliphatic heterocycles. The second-order valence-corrected chi connectivity index (χ2v) is 5.83. The number of hydrogen-bond acceptors (Lipinski definition) is 3. The van der Waals surface area contributed by atoms with Crippen LogP contribution in [0.4, 0.5) is 0 Å². The first-order chi connectivity index (χ1) is 10.3. The zero-order valence-corrected chi connectivity index (χ0v) is 13.6. The van der Waals surface area contributed by atoms with Crippen molar-refractivity contribution in [2.24, 2.45) is 0 Å². The smallest absolute Gasteiger partial charge is 0.0702 e. The highest BCUT2D eigenvalue weighted by molar-refractivity contribution is 5.27. The van der Waals surface area contributed by atoms with Crippen molar-refractivity contribution < 1.29 is 4.74 Å². The normalized spacial score (nSPS) is 19.8. The van der Waals surface area contributed by atoms with E-state index in [0.717, 1.165) is 39.2 Å². The largest absolute Gasteiger partial charge is 0.377 e. The molecule has 0 aliphatic carbocycles. The topological polar surface area (TPSA) is 24.5 Å². The van der Waals surface area contributed by atoms with Crippen molar-refractivity contribution in [3.63, 3.8) is 0 Å². The summed E-state index contributed by atoms with van der Waals surface area (Å²) in [5.74, 6) is 0. The third-order valence-electron chi connectivity index (χ3n) is 4.20. The molecule has 21 heavy (non-hydrogen) atoms. The molecule has 1 atom stereocenters. The lowest BCUT2D eigenvalue weighted by Gasteiger charge is -2.33. The van der Waals surface area contributed by atoms with Crippen LogP contribution >= 0.6 is 0 Å². The maximum Gasteiger partial charge on any atom is 0.0702 e. The highest BCUT2D eigenvalue weighted by atomic mass is 16.5. The number of ether oxygens (including phenoxy) is 1. The third-order valence-corrected chi connectivity index (χ3v) is 4.20. The molecule has 3 heteroatoms. The van der Waals surface area contributed by atoms with Crippen molar-refractivity contribution in [1.29, 1.82) is 0 Å². The summed E-state index contributed by atoms with van der Waals surface area (Å²) in [5, 5.41) is 3.42. The Morgan fingerprint density at radius 2 is 2.05 bits per heavy atom. The summed E-state index contributed by atoms with van der Waals surface area (Å²) >= 11 is 0. The monoisotopic (exact) mass is 290 g/mol. The van der Waals surface area contributed by atoms with Crippen LogP contribution in [0, 0.1) is 0 Å². The minimum absolute atomic E-state index is 0.428. The Kier molecular flexibility index (Phi) is 7.20. The van der Waals surface area contributed by atoms with E-state index in [0.29, 0.717) is 6.10 Å². The van der Waals surface area contributed by atoms with Gasteiger partial charge < -0.3 is 10.1 Å². The van der Waals surface area contributed by atoms with Crippen LogP contribution in [0.25, 0.3) is 0 Å². The van der Waals surface area contributed by atoms with Gasteiger partial charge in [-0.1, -0.05) is 31.2 Å². The van der Waals surface area contributed by atoms with Gasteiger partial charge in [-0.25, -0.2) is 0 Å². The molecule has 1 saturated heterocycles. The van der Waals surface area contributed by atoms with Gasteiger partial charge in [0.25, 0.3) is 0 Å². The molecule has 2 rings (SSSR count). The van der Waals surface area contributed by atoms with Gasteiger partial charge in [-0.3, -0.25) is 4.90 Å². The molecule has 0 aromatic heterocycles. The Hall–Kier alpha value is -0.900. The van der Waals surface area contributed by atoms with Gasteiger partial charge in [0.1, 0.15) is 0 Å². The van der Waals surface area contributed by atoms with Gasteiger partial charge >= 0.3 is 0 Å². The molecule has 3 nitrogen and oxygen atoms in total. The third kappa shape index (κ3) is 5.42. The van der Waals surface area contributed by atoms with Crippen molar-refractivity contribution in [3.8, 4) is 0 Å². The van der Waals surface area contributed by atoms with Gasteiger partial charge in [0.05, 0.1) is 6.10 Å². The van der Waals surface area contributed by atoms with Crippen LogP contribution in [0.2, 0.25) is 0 Å². The van der Waals surface area contributed by atoms with Crippen molar-refractivity contribution in [1.82, 2.24) is 10.2 Å². The van der Waals surface area contributed by atoms with Crippen LogP contribution in [0.1, 0.15) is 37.8 Å². The summed E-state index contributed by atoms with van der Waals surface area (Å²) in [7, 11) is 0. The van der Waals surface area contributed by atoms with E-state index >= 15 is 0 Å². The van der Waals surface area contributed by atoms with Crippen LogP contribution in [0.3, 0.4) is 0 Å². The number of rotatable bonds is 8. The summed E-state index contributed by atoms with van der Waals surface area (Å²) in [5.41, 5.74) is 2.96. The fourth-order valence-corrected chi connectivity index (χ4v) is 3.12.